The van der Waals surface area contributed by atoms with Gasteiger partial charge in [0.1, 0.15) is 0 Å². The van der Waals surface area contributed by atoms with Crippen molar-refractivity contribution < 1.29 is 9.63 Å². The Morgan fingerprint density at radius 3 is 2.69 bits per heavy atom. The van der Waals surface area contributed by atoms with Crippen LogP contribution in [0.25, 0.3) is 0 Å². The molecule has 76 valence electrons. The predicted molar refractivity (Wildman–Crippen MR) is 52.7 cm³/mol. The van der Waals surface area contributed by atoms with Crippen molar-refractivity contribution in [1.82, 2.24) is 5.32 Å². The van der Waals surface area contributed by atoms with Gasteiger partial charge in [0.05, 0.1) is 0 Å². The van der Waals surface area contributed by atoms with E-state index >= 15 is 0 Å². The van der Waals surface area contributed by atoms with Crippen LogP contribution in [0.3, 0.4) is 0 Å². The Labute approximate surface area is 79.3 Å². The molecule has 2 atom stereocenters. The Morgan fingerprint density at radius 2 is 2.23 bits per heavy atom. The van der Waals surface area contributed by atoms with E-state index in [1.807, 2.05) is 6.92 Å². The van der Waals surface area contributed by atoms with Crippen molar-refractivity contribution in [3.63, 3.8) is 0 Å². The molecule has 13 heavy (non-hydrogen) atoms. The molecule has 0 spiro atoms. The van der Waals surface area contributed by atoms with E-state index in [1.54, 1.807) is 6.21 Å². The van der Waals surface area contributed by atoms with E-state index in [0.717, 1.165) is 6.42 Å². The number of hydrogen-bond donors (Lipinski definition) is 1. The molecule has 0 aromatic heterocycles. The highest BCUT2D eigenvalue weighted by Crippen LogP contribution is 2.11. The number of nitrogens with zero attached hydrogens (tertiary/aromatic N) is 1. The lowest BCUT2D eigenvalue weighted by Crippen LogP contribution is -2.17. The average molecular weight is 186 g/mol. The van der Waals surface area contributed by atoms with E-state index < -0.39 is 6.09 Å². The van der Waals surface area contributed by atoms with Crippen LogP contribution in [0.4, 0.5) is 4.79 Å². The highest BCUT2D eigenvalue weighted by atomic mass is 16.7. The first-order chi connectivity index (χ1) is 6.11. The van der Waals surface area contributed by atoms with Gasteiger partial charge in [-0.25, -0.2) is 4.79 Å². The molecule has 1 amide bonds. The van der Waals surface area contributed by atoms with Crippen molar-refractivity contribution >= 4 is 12.3 Å². The topological polar surface area (TPSA) is 50.7 Å². The van der Waals surface area contributed by atoms with E-state index in [2.05, 4.69) is 29.2 Å². The fraction of sp³-hybridized carbons (Fsp3) is 0.778. The van der Waals surface area contributed by atoms with Crippen molar-refractivity contribution in [2.75, 3.05) is 7.05 Å². The van der Waals surface area contributed by atoms with Crippen LogP contribution in [0.5, 0.6) is 0 Å². The molecule has 0 aromatic carbocycles. The molecule has 0 saturated heterocycles. The van der Waals surface area contributed by atoms with Gasteiger partial charge in [0.2, 0.25) is 0 Å². The number of hydrogen-bond acceptors (Lipinski definition) is 3. The monoisotopic (exact) mass is 186 g/mol. The number of nitrogens with one attached hydrogen (secondary N) is 1. The third-order valence-corrected chi connectivity index (χ3v) is 2.18. The van der Waals surface area contributed by atoms with E-state index in [9.17, 15) is 4.79 Å². The minimum absolute atomic E-state index is 0.328. The van der Waals surface area contributed by atoms with E-state index in [-0.39, 0.29) is 0 Å². The maximum atomic E-state index is 10.6. The normalized spacial score (nSPS) is 15.4. The largest absolute Gasteiger partial charge is 0.433 e. The molecule has 4 heteroatoms. The zero-order chi connectivity index (χ0) is 10.3. The number of amides is 1. The summed E-state index contributed by atoms with van der Waals surface area (Å²) in [6, 6.07) is 0. The van der Waals surface area contributed by atoms with Crippen molar-refractivity contribution in [2.45, 2.75) is 27.2 Å². The molecule has 0 radical (unpaired) electrons. The second kappa shape index (κ2) is 6.46. The number of carbonyl (C=O) groups excluding carboxylic acids is 1. The number of carbonyl (C=O) groups is 1. The molecule has 0 aliphatic carbocycles. The molecule has 0 aromatic rings. The number of rotatable bonds is 4. The minimum Gasteiger partial charge on any atom is -0.323 e. The quantitative estimate of drug-likeness (QED) is 0.415. The van der Waals surface area contributed by atoms with Gasteiger partial charge < -0.3 is 5.32 Å². The molecule has 0 aliphatic rings. The van der Waals surface area contributed by atoms with Gasteiger partial charge in [0, 0.05) is 13.3 Å². The minimum atomic E-state index is -0.535. The maximum Gasteiger partial charge on any atom is 0.433 e. The molecule has 1 N–H and O–H groups in total. The Balaban J connectivity index is 3.77. The first kappa shape index (κ1) is 11.9. The fourth-order valence-electron chi connectivity index (χ4n) is 0.739. The second-order valence-electron chi connectivity index (χ2n) is 3.13. The maximum absolute atomic E-state index is 10.6. The summed E-state index contributed by atoms with van der Waals surface area (Å²) in [5.41, 5.74) is 0. The third-order valence-electron chi connectivity index (χ3n) is 2.18. The summed E-state index contributed by atoms with van der Waals surface area (Å²) in [7, 11) is 1.50. The SMILES string of the molecule is CCC(C)C(C)/C=N/OC(=O)NC. The third kappa shape index (κ3) is 5.22. The van der Waals surface area contributed by atoms with Crippen LogP contribution in [-0.2, 0) is 4.84 Å². The Morgan fingerprint density at radius 1 is 1.62 bits per heavy atom. The van der Waals surface area contributed by atoms with Gasteiger partial charge in [-0.2, -0.15) is 0 Å². The van der Waals surface area contributed by atoms with Crippen molar-refractivity contribution in [3.05, 3.63) is 0 Å². The Kier molecular flexibility index (Phi) is 5.93. The van der Waals surface area contributed by atoms with Crippen LogP contribution in [-0.4, -0.2) is 19.4 Å². The van der Waals surface area contributed by atoms with Crippen LogP contribution in [0.15, 0.2) is 5.16 Å². The lowest BCUT2D eigenvalue weighted by Gasteiger charge is -2.11. The van der Waals surface area contributed by atoms with E-state index in [4.69, 9.17) is 0 Å². The summed E-state index contributed by atoms with van der Waals surface area (Å²) in [6.07, 6.45) is 2.21. The molecule has 0 bridgehead atoms. The Hall–Kier alpha value is -1.06. The molecule has 0 rings (SSSR count). The van der Waals surface area contributed by atoms with Crippen LogP contribution >= 0.6 is 0 Å². The smallest absolute Gasteiger partial charge is 0.323 e. The van der Waals surface area contributed by atoms with Gasteiger partial charge in [-0.05, 0) is 11.8 Å². The van der Waals surface area contributed by atoms with Crippen molar-refractivity contribution in [2.24, 2.45) is 17.0 Å². The van der Waals surface area contributed by atoms with E-state index in [0.29, 0.717) is 11.8 Å². The van der Waals surface area contributed by atoms with E-state index in [1.165, 1.54) is 7.05 Å². The Bertz CT molecular complexity index is 180. The van der Waals surface area contributed by atoms with Crippen molar-refractivity contribution in [3.8, 4) is 0 Å². The summed E-state index contributed by atoms with van der Waals surface area (Å²) < 4.78 is 0. The van der Waals surface area contributed by atoms with Crippen LogP contribution in [0, 0.1) is 11.8 Å². The average Bonchev–Trinajstić information content (AvgIpc) is 2.15. The molecule has 4 nitrogen and oxygen atoms in total. The summed E-state index contributed by atoms with van der Waals surface area (Å²) in [4.78, 5) is 15.1. The summed E-state index contributed by atoms with van der Waals surface area (Å²) in [5.74, 6) is 0.881. The molecular weight excluding hydrogens is 168 g/mol. The molecule has 0 aliphatic heterocycles. The summed E-state index contributed by atoms with van der Waals surface area (Å²) in [5, 5.41) is 5.88. The predicted octanol–water partition coefficient (Wildman–Crippen LogP) is 2.01. The van der Waals surface area contributed by atoms with Crippen molar-refractivity contribution in [1.29, 1.82) is 0 Å². The van der Waals surface area contributed by atoms with Gasteiger partial charge in [-0.3, -0.25) is 4.84 Å². The molecule has 0 saturated carbocycles. The zero-order valence-corrected chi connectivity index (χ0v) is 8.70. The van der Waals surface area contributed by atoms with Crippen LogP contribution in [0.2, 0.25) is 0 Å². The standard InChI is InChI=1S/C9H18N2O2/c1-5-7(2)8(3)6-11-13-9(12)10-4/h6-8H,5H2,1-4H3,(H,10,12)/b11-6+. The summed E-state index contributed by atoms with van der Waals surface area (Å²) in [6.45, 7) is 6.30. The molecule has 0 heterocycles. The van der Waals surface area contributed by atoms with Gasteiger partial charge >= 0.3 is 6.09 Å². The fourth-order valence-corrected chi connectivity index (χ4v) is 0.739. The van der Waals surface area contributed by atoms with Gasteiger partial charge in [0.25, 0.3) is 0 Å². The lowest BCUT2D eigenvalue weighted by atomic mass is 9.95. The molecule has 2 unspecified atom stereocenters. The molecular formula is C9H18N2O2. The first-order valence-electron chi connectivity index (χ1n) is 4.54. The van der Waals surface area contributed by atoms with Crippen LogP contribution in [0.1, 0.15) is 27.2 Å². The first-order valence-corrected chi connectivity index (χ1v) is 4.54. The summed E-state index contributed by atoms with van der Waals surface area (Å²) >= 11 is 0. The zero-order valence-electron chi connectivity index (χ0n) is 8.70. The van der Waals surface area contributed by atoms with Gasteiger partial charge in [-0.15, -0.1) is 0 Å². The lowest BCUT2D eigenvalue weighted by molar-refractivity contribution is 0.153. The van der Waals surface area contributed by atoms with Crippen LogP contribution < -0.4 is 5.32 Å². The highest BCUT2D eigenvalue weighted by Gasteiger charge is 2.07. The van der Waals surface area contributed by atoms with Gasteiger partial charge in [0.15, 0.2) is 0 Å². The van der Waals surface area contributed by atoms with Gasteiger partial charge in [-0.1, -0.05) is 32.3 Å². The second-order valence-corrected chi connectivity index (χ2v) is 3.13. The molecule has 0 fully saturated rings. The highest BCUT2D eigenvalue weighted by molar-refractivity contribution is 5.68. The number of oxime groups is 1.